The van der Waals surface area contributed by atoms with Crippen LogP contribution in [0.3, 0.4) is 0 Å². The maximum absolute atomic E-state index is 12.2. The van der Waals surface area contributed by atoms with Gasteiger partial charge in [0.25, 0.3) is 0 Å². The predicted molar refractivity (Wildman–Crippen MR) is 85.1 cm³/mol. The van der Waals surface area contributed by atoms with Crippen molar-refractivity contribution in [1.29, 1.82) is 0 Å². The molecule has 0 aromatic carbocycles. The predicted octanol–water partition coefficient (Wildman–Crippen LogP) is -1.12. The SMILES string of the molecule is BC(=O)N[C@H](C(=O)N[C@@H](CCCNC(N)=O)C(C)=O)C(C)C. The number of amides is 4. The van der Waals surface area contributed by atoms with Crippen molar-refractivity contribution in [3.8, 4) is 0 Å². The van der Waals surface area contributed by atoms with Crippen LogP contribution in [-0.4, -0.2) is 50.0 Å². The quantitative estimate of drug-likeness (QED) is 0.317. The summed E-state index contributed by atoms with van der Waals surface area (Å²) in [5, 5.41) is 7.63. The fourth-order valence-corrected chi connectivity index (χ4v) is 1.91. The highest BCUT2D eigenvalue weighted by Gasteiger charge is 2.26. The van der Waals surface area contributed by atoms with Gasteiger partial charge in [-0.15, -0.1) is 0 Å². The van der Waals surface area contributed by atoms with Gasteiger partial charge in [0, 0.05) is 6.54 Å². The van der Waals surface area contributed by atoms with Crippen LogP contribution < -0.4 is 21.7 Å². The van der Waals surface area contributed by atoms with Gasteiger partial charge in [-0.3, -0.25) is 14.4 Å². The van der Waals surface area contributed by atoms with E-state index in [2.05, 4.69) is 16.0 Å². The lowest BCUT2D eigenvalue weighted by atomic mass is 9.99. The average Bonchev–Trinajstić information content (AvgIpc) is 2.38. The standard InChI is InChI=1S/C13H25BN4O4/c1-7(2)10(18-12(14)21)11(20)17-9(8(3)19)5-4-6-16-13(15)22/h7,9-10H,4-6,14H2,1-3H3,(H,17,20)(H,18,21)(H3,15,16,22)/t9-,10-/m0/s1. The zero-order valence-electron chi connectivity index (χ0n) is 13.6. The zero-order chi connectivity index (χ0) is 17.3. The number of urea groups is 1. The van der Waals surface area contributed by atoms with E-state index < -0.39 is 24.0 Å². The van der Waals surface area contributed by atoms with E-state index in [0.717, 1.165) is 0 Å². The zero-order valence-corrected chi connectivity index (χ0v) is 13.6. The molecule has 22 heavy (non-hydrogen) atoms. The summed E-state index contributed by atoms with van der Waals surface area (Å²) in [4.78, 5) is 45.5. The third-order valence-corrected chi connectivity index (χ3v) is 3.08. The van der Waals surface area contributed by atoms with Gasteiger partial charge in [-0.1, -0.05) is 13.8 Å². The molecule has 0 aliphatic carbocycles. The molecule has 0 saturated heterocycles. The highest BCUT2D eigenvalue weighted by Crippen LogP contribution is 2.05. The van der Waals surface area contributed by atoms with E-state index in [-0.39, 0.29) is 17.5 Å². The van der Waals surface area contributed by atoms with Gasteiger partial charge in [-0.05, 0) is 25.7 Å². The molecule has 0 spiro atoms. The van der Waals surface area contributed by atoms with Crippen LogP contribution in [0.4, 0.5) is 9.59 Å². The van der Waals surface area contributed by atoms with Gasteiger partial charge in [0.1, 0.15) is 6.04 Å². The molecule has 0 fully saturated rings. The molecule has 9 heteroatoms. The van der Waals surface area contributed by atoms with Crippen LogP contribution in [0.5, 0.6) is 0 Å². The Morgan fingerprint density at radius 1 is 1.14 bits per heavy atom. The molecular formula is C13H25BN4O4. The number of nitrogens with one attached hydrogen (secondary N) is 3. The van der Waals surface area contributed by atoms with Crippen molar-refractivity contribution in [2.75, 3.05) is 6.54 Å². The number of carbonyl (C=O) groups is 4. The first-order valence-electron chi connectivity index (χ1n) is 7.26. The monoisotopic (exact) mass is 312 g/mol. The van der Waals surface area contributed by atoms with Gasteiger partial charge in [-0.2, -0.15) is 0 Å². The number of ketones is 1. The summed E-state index contributed by atoms with van der Waals surface area (Å²) in [5.74, 6) is -0.988. The average molecular weight is 312 g/mol. The molecule has 8 nitrogen and oxygen atoms in total. The van der Waals surface area contributed by atoms with E-state index in [4.69, 9.17) is 5.73 Å². The Bertz CT molecular complexity index is 428. The molecule has 0 radical (unpaired) electrons. The summed E-state index contributed by atoms with van der Waals surface area (Å²) >= 11 is 0. The van der Waals surface area contributed by atoms with E-state index in [1.807, 2.05) is 0 Å². The first kappa shape index (κ1) is 19.9. The number of hydrogen-bond acceptors (Lipinski definition) is 4. The van der Waals surface area contributed by atoms with Crippen molar-refractivity contribution in [2.24, 2.45) is 11.7 Å². The molecule has 2 atom stereocenters. The molecular weight excluding hydrogens is 287 g/mol. The van der Waals surface area contributed by atoms with E-state index in [9.17, 15) is 19.2 Å². The second-order valence-corrected chi connectivity index (χ2v) is 5.53. The third kappa shape index (κ3) is 8.28. The fourth-order valence-electron chi connectivity index (χ4n) is 1.91. The van der Waals surface area contributed by atoms with Crippen LogP contribution in [0.25, 0.3) is 0 Å². The van der Waals surface area contributed by atoms with Crippen molar-refractivity contribution in [1.82, 2.24) is 16.0 Å². The number of Topliss-reactive ketones (excluding diaryl/α,β-unsaturated/α-hetero) is 1. The van der Waals surface area contributed by atoms with Crippen molar-refractivity contribution >= 4 is 31.4 Å². The molecule has 0 rings (SSSR count). The van der Waals surface area contributed by atoms with Gasteiger partial charge < -0.3 is 21.7 Å². The van der Waals surface area contributed by atoms with Crippen LogP contribution in [0, 0.1) is 5.92 Å². The van der Waals surface area contributed by atoms with Crippen molar-refractivity contribution in [2.45, 2.75) is 45.7 Å². The topological polar surface area (TPSA) is 130 Å². The van der Waals surface area contributed by atoms with Crippen LogP contribution in [0.2, 0.25) is 0 Å². The van der Waals surface area contributed by atoms with Gasteiger partial charge in [-0.25, -0.2) is 4.79 Å². The molecule has 0 unspecified atom stereocenters. The molecule has 0 aliphatic heterocycles. The maximum Gasteiger partial charge on any atom is 0.312 e. The van der Waals surface area contributed by atoms with Crippen LogP contribution in [-0.2, 0) is 9.59 Å². The lowest BCUT2D eigenvalue weighted by Crippen LogP contribution is -2.53. The Hall–Kier alpha value is -2.06. The van der Waals surface area contributed by atoms with Crippen molar-refractivity contribution in [3.05, 3.63) is 0 Å². The number of carbonyl (C=O) groups excluding carboxylic acids is 4. The molecule has 5 N–H and O–H groups in total. The van der Waals surface area contributed by atoms with Gasteiger partial charge in [0.15, 0.2) is 11.6 Å². The lowest BCUT2D eigenvalue weighted by Gasteiger charge is -2.24. The van der Waals surface area contributed by atoms with Crippen LogP contribution >= 0.6 is 0 Å². The first-order valence-corrected chi connectivity index (χ1v) is 7.26. The molecule has 0 bridgehead atoms. The molecule has 0 saturated carbocycles. The fraction of sp³-hybridized carbons (Fsp3) is 0.692. The Morgan fingerprint density at radius 2 is 1.73 bits per heavy atom. The van der Waals surface area contributed by atoms with E-state index in [0.29, 0.717) is 19.4 Å². The Balaban J connectivity index is 4.58. The molecule has 0 aromatic rings. The second kappa shape index (κ2) is 9.80. The van der Waals surface area contributed by atoms with Gasteiger partial charge in [0.05, 0.1) is 6.04 Å². The molecule has 4 amide bonds. The number of primary amides is 1. The van der Waals surface area contributed by atoms with E-state index >= 15 is 0 Å². The van der Waals surface area contributed by atoms with Gasteiger partial charge in [0.2, 0.25) is 13.8 Å². The Kier molecular flexibility index (Phi) is 8.89. The highest BCUT2D eigenvalue weighted by atomic mass is 16.2. The first-order chi connectivity index (χ1) is 10.1. The van der Waals surface area contributed by atoms with Crippen molar-refractivity contribution < 1.29 is 19.2 Å². The molecule has 0 aliphatic rings. The molecule has 0 aromatic heterocycles. The minimum Gasteiger partial charge on any atom is -0.353 e. The molecule has 0 heterocycles. The van der Waals surface area contributed by atoms with Crippen molar-refractivity contribution in [3.63, 3.8) is 0 Å². The van der Waals surface area contributed by atoms with Crippen LogP contribution in [0.1, 0.15) is 33.6 Å². The minimum atomic E-state index is -0.692. The normalized spacial score (nSPS) is 13.1. The summed E-state index contributed by atoms with van der Waals surface area (Å²) in [5.41, 5.74) is 4.94. The maximum atomic E-state index is 12.2. The number of nitrogens with two attached hydrogens (primary N) is 1. The summed E-state index contributed by atoms with van der Waals surface area (Å²) in [7, 11) is 1.33. The number of hydrogen-bond donors (Lipinski definition) is 4. The summed E-state index contributed by atoms with van der Waals surface area (Å²) < 4.78 is 0. The van der Waals surface area contributed by atoms with E-state index in [1.165, 1.54) is 14.8 Å². The summed E-state index contributed by atoms with van der Waals surface area (Å²) in [6.45, 7) is 5.32. The number of rotatable bonds is 9. The highest BCUT2D eigenvalue weighted by molar-refractivity contribution is 6.57. The molecule has 124 valence electrons. The summed E-state index contributed by atoms with van der Waals surface area (Å²) in [6, 6.07) is -1.98. The Labute approximate surface area is 131 Å². The smallest absolute Gasteiger partial charge is 0.312 e. The van der Waals surface area contributed by atoms with Crippen LogP contribution in [0.15, 0.2) is 0 Å². The largest absolute Gasteiger partial charge is 0.353 e. The minimum absolute atomic E-state index is 0.104. The summed E-state index contributed by atoms with van der Waals surface area (Å²) in [6.07, 6.45) is 0.881. The Morgan fingerprint density at radius 3 is 2.14 bits per heavy atom. The second-order valence-electron chi connectivity index (χ2n) is 5.53. The van der Waals surface area contributed by atoms with E-state index in [1.54, 1.807) is 13.8 Å². The van der Waals surface area contributed by atoms with Gasteiger partial charge >= 0.3 is 6.03 Å². The lowest BCUT2D eigenvalue weighted by molar-refractivity contribution is -0.128. The third-order valence-electron chi connectivity index (χ3n) is 3.08.